The molecule has 1 aliphatic rings. The first-order valence-electron chi connectivity index (χ1n) is 5.58. The predicted molar refractivity (Wildman–Crippen MR) is 65.4 cm³/mol. The van der Waals surface area contributed by atoms with E-state index in [2.05, 4.69) is 26.3 Å². The van der Waals surface area contributed by atoms with E-state index in [1.165, 1.54) is 0 Å². The highest BCUT2D eigenvalue weighted by Crippen LogP contribution is 2.23. The fourth-order valence-corrected chi connectivity index (χ4v) is 2.29. The Bertz CT molecular complexity index is 410. The molecule has 88 valence electrons. The van der Waals surface area contributed by atoms with Crippen molar-refractivity contribution in [1.82, 2.24) is 15.1 Å². The Morgan fingerprint density at radius 1 is 1.62 bits per heavy atom. The summed E-state index contributed by atoms with van der Waals surface area (Å²) in [5.41, 5.74) is 1.97. The fraction of sp³-hybridized carbons (Fsp3) is 0.636. The third-order valence-electron chi connectivity index (χ3n) is 3.03. The van der Waals surface area contributed by atoms with Gasteiger partial charge in [-0.05, 0) is 29.8 Å². The number of Topliss-reactive ketones (excluding diaryl/α,β-unsaturated/α-hetero) is 1. The van der Waals surface area contributed by atoms with Gasteiger partial charge in [-0.25, -0.2) is 0 Å². The van der Waals surface area contributed by atoms with Crippen LogP contribution in [0.2, 0.25) is 0 Å². The largest absolute Gasteiger partial charge is 0.315 e. The van der Waals surface area contributed by atoms with Gasteiger partial charge in [0.25, 0.3) is 0 Å². The number of halogens is 1. The van der Waals surface area contributed by atoms with E-state index in [1.807, 2.05) is 18.5 Å². The maximum Gasteiger partial charge on any atom is 0.144 e. The lowest BCUT2D eigenvalue weighted by molar-refractivity contribution is -0.123. The van der Waals surface area contributed by atoms with E-state index < -0.39 is 0 Å². The lowest BCUT2D eigenvalue weighted by Gasteiger charge is -2.25. The van der Waals surface area contributed by atoms with Gasteiger partial charge in [0.2, 0.25) is 0 Å². The number of hydrogen-bond acceptors (Lipinski definition) is 3. The van der Waals surface area contributed by atoms with Gasteiger partial charge in [0.1, 0.15) is 5.78 Å². The summed E-state index contributed by atoms with van der Waals surface area (Å²) in [4.78, 5) is 11.9. The molecule has 1 fully saturated rings. The highest BCUT2D eigenvalue weighted by atomic mass is 79.9. The minimum atomic E-state index is 0.201. The van der Waals surface area contributed by atoms with Crippen LogP contribution in [0.1, 0.15) is 18.3 Å². The Morgan fingerprint density at radius 3 is 2.81 bits per heavy atom. The second-order valence-corrected chi connectivity index (χ2v) is 4.95. The molecule has 0 aromatic carbocycles. The normalized spacial score (nSPS) is 16.2. The van der Waals surface area contributed by atoms with Gasteiger partial charge in [-0.3, -0.25) is 9.48 Å². The number of nitrogens with one attached hydrogen (secondary N) is 1. The molecule has 0 spiro atoms. The maximum atomic E-state index is 11.9. The molecule has 0 bridgehead atoms. The van der Waals surface area contributed by atoms with Crippen molar-refractivity contribution in [2.24, 2.45) is 5.92 Å². The molecule has 5 heteroatoms. The summed E-state index contributed by atoms with van der Waals surface area (Å²) in [5, 5.41) is 7.51. The molecule has 1 saturated heterocycles. The number of nitrogens with zero attached hydrogens (tertiary/aromatic N) is 2. The van der Waals surface area contributed by atoms with Gasteiger partial charge in [0, 0.05) is 32.0 Å². The van der Waals surface area contributed by atoms with Crippen molar-refractivity contribution in [2.45, 2.75) is 26.8 Å². The molecule has 1 aromatic heterocycles. The highest BCUT2D eigenvalue weighted by Gasteiger charge is 2.26. The number of ketones is 1. The van der Waals surface area contributed by atoms with Crippen molar-refractivity contribution < 1.29 is 4.79 Å². The van der Waals surface area contributed by atoms with E-state index in [9.17, 15) is 4.79 Å². The molecule has 0 unspecified atom stereocenters. The van der Waals surface area contributed by atoms with Gasteiger partial charge in [-0.15, -0.1) is 0 Å². The fourth-order valence-electron chi connectivity index (χ4n) is 1.86. The van der Waals surface area contributed by atoms with E-state index >= 15 is 0 Å². The number of aromatic nitrogens is 2. The number of carbonyl (C=O) groups excluding carboxylic acids is 1. The average Bonchev–Trinajstić information content (AvgIpc) is 2.43. The predicted octanol–water partition coefficient (Wildman–Crippen LogP) is 1.30. The number of rotatable bonds is 4. The van der Waals surface area contributed by atoms with E-state index in [0.717, 1.165) is 35.5 Å². The summed E-state index contributed by atoms with van der Waals surface area (Å²) in [7, 11) is 0. The molecular weight excluding hydrogens is 270 g/mol. The third kappa shape index (κ3) is 2.06. The summed E-state index contributed by atoms with van der Waals surface area (Å²) >= 11 is 3.51. The molecule has 2 rings (SSSR count). The molecular formula is C11H16BrN3O. The summed E-state index contributed by atoms with van der Waals surface area (Å²) in [6.07, 6.45) is 0.488. The maximum absolute atomic E-state index is 11.9. The molecule has 2 heterocycles. The molecule has 0 saturated carbocycles. The summed E-state index contributed by atoms with van der Waals surface area (Å²) < 4.78 is 2.89. The standard InChI is InChI=1S/C11H16BrN3O/c1-3-15-9(11(12)7(2)14-15)4-10(16)8-5-13-6-8/h8,13H,3-6H2,1-2H3. The molecule has 1 aromatic rings. The second kappa shape index (κ2) is 4.67. The van der Waals surface area contributed by atoms with Gasteiger partial charge in [-0.1, -0.05) is 0 Å². The molecule has 0 aliphatic carbocycles. The van der Waals surface area contributed by atoms with Crippen LogP contribution in [0.25, 0.3) is 0 Å². The van der Waals surface area contributed by atoms with E-state index in [-0.39, 0.29) is 5.92 Å². The van der Waals surface area contributed by atoms with Crippen LogP contribution in [0.5, 0.6) is 0 Å². The van der Waals surface area contributed by atoms with E-state index in [1.54, 1.807) is 0 Å². The molecule has 0 atom stereocenters. The Labute approximate surface area is 104 Å². The minimum absolute atomic E-state index is 0.201. The lowest BCUT2D eigenvalue weighted by atomic mass is 9.95. The van der Waals surface area contributed by atoms with Crippen LogP contribution in [-0.4, -0.2) is 28.7 Å². The average molecular weight is 286 g/mol. The zero-order chi connectivity index (χ0) is 11.7. The Balaban J connectivity index is 2.16. The summed E-state index contributed by atoms with van der Waals surface area (Å²) in [6.45, 7) is 6.45. The van der Waals surface area contributed by atoms with Crippen LogP contribution >= 0.6 is 15.9 Å². The van der Waals surface area contributed by atoms with Crippen LogP contribution in [0.15, 0.2) is 4.47 Å². The minimum Gasteiger partial charge on any atom is -0.315 e. The van der Waals surface area contributed by atoms with Crippen molar-refractivity contribution in [3.05, 3.63) is 15.9 Å². The van der Waals surface area contributed by atoms with Crippen LogP contribution < -0.4 is 5.32 Å². The molecule has 1 N–H and O–H groups in total. The smallest absolute Gasteiger partial charge is 0.144 e. The quantitative estimate of drug-likeness (QED) is 0.907. The number of aryl methyl sites for hydroxylation is 2. The van der Waals surface area contributed by atoms with Crippen molar-refractivity contribution in [3.8, 4) is 0 Å². The zero-order valence-electron chi connectivity index (χ0n) is 9.59. The van der Waals surface area contributed by atoms with Crippen molar-refractivity contribution in [3.63, 3.8) is 0 Å². The SMILES string of the molecule is CCn1nc(C)c(Br)c1CC(=O)C1CNC1. The lowest BCUT2D eigenvalue weighted by Crippen LogP contribution is -2.47. The van der Waals surface area contributed by atoms with Crippen LogP contribution in [0.4, 0.5) is 0 Å². The van der Waals surface area contributed by atoms with Crippen LogP contribution in [0.3, 0.4) is 0 Å². The van der Waals surface area contributed by atoms with E-state index in [0.29, 0.717) is 12.2 Å². The monoisotopic (exact) mass is 285 g/mol. The van der Waals surface area contributed by atoms with Gasteiger partial charge < -0.3 is 5.32 Å². The first kappa shape index (κ1) is 11.8. The number of carbonyl (C=O) groups is 1. The first-order valence-corrected chi connectivity index (χ1v) is 6.38. The molecule has 0 amide bonds. The number of hydrogen-bond donors (Lipinski definition) is 1. The van der Waals surface area contributed by atoms with Crippen molar-refractivity contribution >= 4 is 21.7 Å². The van der Waals surface area contributed by atoms with Gasteiger partial charge in [0.15, 0.2) is 0 Å². The van der Waals surface area contributed by atoms with Crippen LogP contribution in [0, 0.1) is 12.8 Å². The third-order valence-corrected chi connectivity index (χ3v) is 4.06. The first-order chi connectivity index (χ1) is 7.63. The summed E-state index contributed by atoms with van der Waals surface area (Å²) in [5.74, 6) is 0.515. The van der Waals surface area contributed by atoms with Crippen molar-refractivity contribution in [1.29, 1.82) is 0 Å². The zero-order valence-corrected chi connectivity index (χ0v) is 11.2. The van der Waals surface area contributed by atoms with Gasteiger partial charge >= 0.3 is 0 Å². The highest BCUT2D eigenvalue weighted by molar-refractivity contribution is 9.10. The van der Waals surface area contributed by atoms with Gasteiger partial charge in [-0.2, -0.15) is 5.10 Å². The van der Waals surface area contributed by atoms with Crippen molar-refractivity contribution in [2.75, 3.05) is 13.1 Å². The Hall–Kier alpha value is -0.680. The molecule has 0 radical (unpaired) electrons. The van der Waals surface area contributed by atoms with Crippen LogP contribution in [-0.2, 0) is 17.8 Å². The second-order valence-electron chi connectivity index (χ2n) is 4.16. The topological polar surface area (TPSA) is 46.9 Å². The molecule has 4 nitrogen and oxygen atoms in total. The summed E-state index contributed by atoms with van der Waals surface area (Å²) in [6, 6.07) is 0. The Kier molecular flexibility index (Phi) is 3.44. The van der Waals surface area contributed by atoms with Gasteiger partial charge in [0.05, 0.1) is 15.9 Å². The molecule has 16 heavy (non-hydrogen) atoms. The molecule has 1 aliphatic heterocycles. The Morgan fingerprint density at radius 2 is 2.31 bits per heavy atom. The van der Waals surface area contributed by atoms with E-state index in [4.69, 9.17) is 0 Å².